The lowest BCUT2D eigenvalue weighted by Gasteiger charge is -2.04. The summed E-state index contributed by atoms with van der Waals surface area (Å²) in [6.45, 7) is 11.4. The third-order valence-corrected chi connectivity index (χ3v) is 2.94. The summed E-state index contributed by atoms with van der Waals surface area (Å²) in [4.78, 5) is 0. The topological polar surface area (TPSA) is 0 Å². The van der Waals surface area contributed by atoms with Gasteiger partial charge in [-0.1, -0.05) is 64.7 Å². The molecule has 0 aliphatic heterocycles. The molecular formula is C14H26Si. The van der Waals surface area contributed by atoms with Gasteiger partial charge in [0.1, 0.15) is 8.07 Å². The second kappa shape index (κ2) is 7.76. The van der Waals surface area contributed by atoms with Crippen LogP contribution in [0.15, 0.2) is 11.6 Å². The fourth-order valence-corrected chi connectivity index (χ4v) is 1.77. The normalized spacial score (nSPS) is 12.2. The molecule has 0 aromatic carbocycles. The van der Waals surface area contributed by atoms with Crippen molar-refractivity contribution in [3.05, 3.63) is 11.6 Å². The first-order valence-corrected chi connectivity index (χ1v) is 9.71. The van der Waals surface area contributed by atoms with E-state index in [1.807, 2.05) is 0 Å². The molecule has 86 valence electrons. The van der Waals surface area contributed by atoms with E-state index in [0.29, 0.717) is 0 Å². The SMILES string of the molecule is CCCC/C=C(/C#C[Si](C)(C)C)CCC. The van der Waals surface area contributed by atoms with Gasteiger partial charge < -0.3 is 0 Å². The minimum atomic E-state index is -1.20. The Morgan fingerprint density at radius 3 is 2.27 bits per heavy atom. The van der Waals surface area contributed by atoms with Gasteiger partial charge in [-0.05, 0) is 18.4 Å². The summed E-state index contributed by atoms with van der Waals surface area (Å²) >= 11 is 0. The monoisotopic (exact) mass is 222 g/mol. The van der Waals surface area contributed by atoms with E-state index in [4.69, 9.17) is 0 Å². The first-order chi connectivity index (χ1) is 6.99. The van der Waals surface area contributed by atoms with Crippen molar-refractivity contribution in [2.24, 2.45) is 0 Å². The molecular weight excluding hydrogens is 196 g/mol. The third-order valence-electron chi connectivity index (χ3n) is 2.07. The molecule has 0 nitrogen and oxygen atoms in total. The molecule has 0 aliphatic rings. The van der Waals surface area contributed by atoms with E-state index in [-0.39, 0.29) is 0 Å². The van der Waals surface area contributed by atoms with E-state index in [0.717, 1.165) is 6.42 Å². The molecule has 0 rings (SSSR count). The molecule has 0 fully saturated rings. The predicted octanol–water partition coefficient (Wildman–Crippen LogP) is 4.78. The van der Waals surface area contributed by atoms with Crippen LogP contribution in [0.5, 0.6) is 0 Å². The van der Waals surface area contributed by atoms with Crippen LogP contribution in [0, 0.1) is 11.5 Å². The molecule has 0 radical (unpaired) electrons. The van der Waals surface area contributed by atoms with Crippen molar-refractivity contribution in [1.82, 2.24) is 0 Å². The summed E-state index contributed by atoms with van der Waals surface area (Å²) < 4.78 is 0. The van der Waals surface area contributed by atoms with Gasteiger partial charge in [-0.25, -0.2) is 0 Å². The number of hydrogen-bond donors (Lipinski definition) is 0. The Balaban J connectivity index is 4.37. The molecule has 0 N–H and O–H groups in total. The van der Waals surface area contributed by atoms with Crippen LogP contribution in [0.4, 0.5) is 0 Å². The molecule has 1 heteroatoms. The molecule has 0 aromatic rings. The summed E-state index contributed by atoms with van der Waals surface area (Å²) in [6, 6.07) is 0. The van der Waals surface area contributed by atoms with Gasteiger partial charge in [0.2, 0.25) is 0 Å². The highest BCUT2D eigenvalue weighted by atomic mass is 28.3. The zero-order chi connectivity index (χ0) is 11.7. The molecule has 0 bridgehead atoms. The van der Waals surface area contributed by atoms with Crippen LogP contribution in [0.2, 0.25) is 19.6 Å². The lowest BCUT2D eigenvalue weighted by Crippen LogP contribution is -2.16. The van der Waals surface area contributed by atoms with Crippen LogP contribution < -0.4 is 0 Å². The van der Waals surface area contributed by atoms with Gasteiger partial charge in [0.25, 0.3) is 0 Å². The zero-order valence-electron chi connectivity index (χ0n) is 11.1. The Labute approximate surface area is 97.2 Å². The van der Waals surface area contributed by atoms with Crippen LogP contribution >= 0.6 is 0 Å². The average Bonchev–Trinajstić information content (AvgIpc) is 2.13. The van der Waals surface area contributed by atoms with E-state index in [1.165, 1.54) is 31.3 Å². The van der Waals surface area contributed by atoms with Gasteiger partial charge in [0.15, 0.2) is 0 Å². The Morgan fingerprint density at radius 1 is 1.13 bits per heavy atom. The van der Waals surface area contributed by atoms with Gasteiger partial charge in [-0.3, -0.25) is 0 Å². The molecule has 0 atom stereocenters. The van der Waals surface area contributed by atoms with Gasteiger partial charge in [-0.15, -0.1) is 5.54 Å². The maximum absolute atomic E-state index is 3.45. The maximum atomic E-state index is 3.45. The van der Waals surface area contributed by atoms with Crippen LogP contribution in [-0.4, -0.2) is 8.07 Å². The summed E-state index contributed by atoms with van der Waals surface area (Å²) in [7, 11) is -1.20. The average molecular weight is 222 g/mol. The second-order valence-electron chi connectivity index (χ2n) is 5.12. The van der Waals surface area contributed by atoms with Crippen molar-refractivity contribution < 1.29 is 0 Å². The van der Waals surface area contributed by atoms with Gasteiger partial charge >= 0.3 is 0 Å². The van der Waals surface area contributed by atoms with Crippen molar-refractivity contribution in [2.45, 2.75) is 65.6 Å². The Hall–Kier alpha value is -0.483. The Kier molecular flexibility index (Phi) is 7.51. The van der Waals surface area contributed by atoms with Crippen molar-refractivity contribution in [3.63, 3.8) is 0 Å². The first kappa shape index (κ1) is 14.5. The molecule has 0 amide bonds. The molecule has 0 saturated heterocycles. The molecule has 0 spiro atoms. The van der Waals surface area contributed by atoms with Crippen molar-refractivity contribution in [3.8, 4) is 11.5 Å². The fourth-order valence-electron chi connectivity index (χ4n) is 1.23. The summed E-state index contributed by atoms with van der Waals surface area (Å²) in [6.07, 6.45) is 8.48. The van der Waals surface area contributed by atoms with Gasteiger partial charge in [0, 0.05) is 0 Å². The van der Waals surface area contributed by atoms with Crippen LogP contribution in [-0.2, 0) is 0 Å². The number of rotatable bonds is 5. The van der Waals surface area contributed by atoms with Gasteiger partial charge in [0.05, 0.1) is 0 Å². The molecule has 15 heavy (non-hydrogen) atoms. The quantitative estimate of drug-likeness (QED) is 0.357. The lowest BCUT2D eigenvalue weighted by atomic mass is 10.1. The standard InChI is InChI=1S/C14H26Si/c1-6-8-9-11-14(10-7-2)12-13-15(3,4)5/h11H,6-10H2,1-5H3/b14-11+. The highest BCUT2D eigenvalue weighted by molar-refractivity contribution is 6.83. The lowest BCUT2D eigenvalue weighted by molar-refractivity contribution is 0.806. The summed E-state index contributed by atoms with van der Waals surface area (Å²) in [5.41, 5.74) is 4.82. The first-order valence-electron chi connectivity index (χ1n) is 6.21. The van der Waals surface area contributed by atoms with E-state index in [1.54, 1.807) is 0 Å². The summed E-state index contributed by atoms with van der Waals surface area (Å²) in [5.74, 6) is 3.39. The molecule has 0 unspecified atom stereocenters. The maximum Gasteiger partial charge on any atom is 0.129 e. The Bertz CT molecular complexity index is 245. The molecule has 0 aliphatic carbocycles. The highest BCUT2D eigenvalue weighted by Gasteiger charge is 2.07. The van der Waals surface area contributed by atoms with Crippen molar-refractivity contribution in [1.29, 1.82) is 0 Å². The van der Waals surface area contributed by atoms with E-state index < -0.39 is 8.07 Å². The van der Waals surface area contributed by atoms with E-state index >= 15 is 0 Å². The van der Waals surface area contributed by atoms with E-state index in [2.05, 4.69) is 51.0 Å². The Morgan fingerprint density at radius 2 is 1.80 bits per heavy atom. The number of unbranched alkanes of at least 4 members (excludes halogenated alkanes) is 2. The molecule has 0 saturated carbocycles. The molecule has 0 heterocycles. The van der Waals surface area contributed by atoms with Crippen molar-refractivity contribution in [2.75, 3.05) is 0 Å². The van der Waals surface area contributed by atoms with Crippen molar-refractivity contribution >= 4 is 8.07 Å². The number of allylic oxidation sites excluding steroid dienone is 2. The number of hydrogen-bond acceptors (Lipinski definition) is 0. The minimum Gasteiger partial charge on any atom is -0.127 e. The largest absolute Gasteiger partial charge is 0.129 e. The zero-order valence-corrected chi connectivity index (χ0v) is 12.1. The highest BCUT2D eigenvalue weighted by Crippen LogP contribution is 2.08. The van der Waals surface area contributed by atoms with E-state index in [9.17, 15) is 0 Å². The smallest absolute Gasteiger partial charge is 0.127 e. The predicted molar refractivity (Wildman–Crippen MR) is 73.6 cm³/mol. The van der Waals surface area contributed by atoms with Crippen LogP contribution in [0.1, 0.15) is 46.0 Å². The van der Waals surface area contributed by atoms with Crippen LogP contribution in [0.3, 0.4) is 0 Å². The second-order valence-corrected chi connectivity index (χ2v) is 9.87. The summed E-state index contributed by atoms with van der Waals surface area (Å²) in [5, 5.41) is 0. The third kappa shape index (κ3) is 9.81. The van der Waals surface area contributed by atoms with Gasteiger partial charge in [-0.2, -0.15) is 0 Å². The van der Waals surface area contributed by atoms with Crippen LogP contribution in [0.25, 0.3) is 0 Å². The molecule has 0 aromatic heterocycles. The minimum absolute atomic E-state index is 1.15. The fraction of sp³-hybridized carbons (Fsp3) is 0.714.